The van der Waals surface area contributed by atoms with Crippen LogP contribution in [0.25, 0.3) is 0 Å². The number of halogens is 2. The second-order valence-electron chi connectivity index (χ2n) is 6.57. The third-order valence-electron chi connectivity index (χ3n) is 4.57. The summed E-state index contributed by atoms with van der Waals surface area (Å²) in [6, 6.07) is 4.23. The number of likely N-dealkylation sites (tertiary alicyclic amines) is 1. The van der Waals surface area contributed by atoms with E-state index in [1.54, 1.807) is 11.0 Å². The van der Waals surface area contributed by atoms with Gasteiger partial charge in [-0.05, 0) is 60.1 Å². The molecule has 2 amide bonds. The fourth-order valence-corrected chi connectivity index (χ4v) is 3.68. The first-order valence-corrected chi connectivity index (χ1v) is 10.1. The minimum Gasteiger partial charge on any atom is -0.356 e. The molecular weight excluding hydrogens is 434 g/mol. The summed E-state index contributed by atoms with van der Waals surface area (Å²) in [7, 11) is 0. The van der Waals surface area contributed by atoms with Gasteiger partial charge in [-0.25, -0.2) is 4.39 Å². The van der Waals surface area contributed by atoms with E-state index in [-0.39, 0.29) is 17.7 Å². The Bertz CT molecular complexity index is 609. The van der Waals surface area contributed by atoms with E-state index >= 15 is 0 Å². The molecule has 1 atom stereocenters. The molecule has 138 valence electrons. The monoisotopic (exact) mass is 460 g/mol. The van der Waals surface area contributed by atoms with Gasteiger partial charge in [-0.3, -0.25) is 9.59 Å². The van der Waals surface area contributed by atoms with Crippen molar-refractivity contribution in [2.24, 2.45) is 5.92 Å². The summed E-state index contributed by atoms with van der Waals surface area (Å²) in [5.74, 6) is -0.746. The van der Waals surface area contributed by atoms with Crippen molar-refractivity contribution in [2.45, 2.75) is 45.4 Å². The van der Waals surface area contributed by atoms with Gasteiger partial charge in [0.2, 0.25) is 5.91 Å². The number of hydrogen-bond acceptors (Lipinski definition) is 2. The topological polar surface area (TPSA) is 49.4 Å². The number of piperidine rings is 1. The minimum absolute atomic E-state index is 0.0305. The fraction of sp³-hybridized carbons (Fsp3) is 0.579. The maximum atomic E-state index is 13.5. The Morgan fingerprint density at radius 1 is 1.32 bits per heavy atom. The molecule has 0 spiro atoms. The predicted octanol–water partition coefficient (Wildman–Crippen LogP) is 3.98. The molecule has 2 rings (SSSR count). The normalized spacial score (nSPS) is 17.4. The van der Waals surface area contributed by atoms with Crippen molar-refractivity contribution in [3.8, 4) is 0 Å². The summed E-state index contributed by atoms with van der Waals surface area (Å²) >= 11 is 2.04. The molecule has 0 radical (unpaired) electrons. The zero-order valence-electron chi connectivity index (χ0n) is 14.7. The van der Waals surface area contributed by atoms with Crippen LogP contribution in [-0.2, 0) is 4.79 Å². The van der Waals surface area contributed by atoms with E-state index in [0.717, 1.165) is 29.3 Å². The van der Waals surface area contributed by atoms with Crippen LogP contribution in [0.3, 0.4) is 0 Å². The molecule has 0 bridgehead atoms. The van der Waals surface area contributed by atoms with E-state index in [9.17, 15) is 14.0 Å². The number of benzene rings is 1. The second-order valence-corrected chi connectivity index (χ2v) is 7.73. The number of amides is 2. The lowest BCUT2D eigenvalue weighted by atomic mass is 9.96. The highest BCUT2D eigenvalue weighted by Crippen LogP contribution is 2.22. The van der Waals surface area contributed by atoms with Gasteiger partial charge in [0.15, 0.2) is 0 Å². The van der Waals surface area contributed by atoms with Gasteiger partial charge in [-0.1, -0.05) is 26.2 Å². The number of unbranched alkanes of at least 4 members (excludes halogenated alkanes) is 3. The molecule has 1 heterocycles. The van der Waals surface area contributed by atoms with Gasteiger partial charge < -0.3 is 10.2 Å². The summed E-state index contributed by atoms with van der Waals surface area (Å²) in [4.78, 5) is 26.7. The third-order valence-corrected chi connectivity index (χ3v) is 5.51. The third kappa shape index (κ3) is 5.94. The van der Waals surface area contributed by atoms with Gasteiger partial charge in [0, 0.05) is 23.2 Å². The minimum atomic E-state index is -0.415. The van der Waals surface area contributed by atoms with E-state index in [4.69, 9.17) is 0 Å². The van der Waals surface area contributed by atoms with Crippen molar-refractivity contribution in [1.29, 1.82) is 0 Å². The number of rotatable bonds is 7. The highest BCUT2D eigenvalue weighted by molar-refractivity contribution is 14.1. The van der Waals surface area contributed by atoms with Crippen molar-refractivity contribution in [1.82, 2.24) is 10.2 Å². The van der Waals surface area contributed by atoms with Crippen LogP contribution in [0.1, 0.15) is 55.8 Å². The molecule has 1 N–H and O–H groups in total. The Hall–Kier alpha value is -1.18. The molecule has 0 saturated carbocycles. The second kappa shape index (κ2) is 10.1. The summed E-state index contributed by atoms with van der Waals surface area (Å²) in [5, 5.41) is 2.99. The predicted molar refractivity (Wildman–Crippen MR) is 105 cm³/mol. The molecule has 1 fully saturated rings. The molecule has 1 aromatic rings. The summed E-state index contributed by atoms with van der Waals surface area (Å²) in [6.45, 7) is 3.88. The zero-order chi connectivity index (χ0) is 18.2. The highest BCUT2D eigenvalue weighted by Gasteiger charge is 2.29. The van der Waals surface area contributed by atoms with E-state index in [1.165, 1.54) is 25.0 Å². The van der Waals surface area contributed by atoms with E-state index < -0.39 is 5.82 Å². The molecule has 6 heteroatoms. The highest BCUT2D eigenvalue weighted by atomic mass is 127. The SMILES string of the molecule is CCCCCCNC(=O)C1CCCN(C(=O)c2cc(F)ccc2I)C1. The van der Waals surface area contributed by atoms with Crippen LogP contribution in [0.2, 0.25) is 0 Å². The van der Waals surface area contributed by atoms with E-state index in [1.807, 2.05) is 22.6 Å². The van der Waals surface area contributed by atoms with Crippen LogP contribution in [0.4, 0.5) is 4.39 Å². The quantitative estimate of drug-likeness (QED) is 0.495. The number of carbonyl (C=O) groups is 2. The van der Waals surface area contributed by atoms with Crippen LogP contribution in [0, 0.1) is 15.3 Å². The van der Waals surface area contributed by atoms with Crippen LogP contribution < -0.4 is 5.32 Å². The van der Waals surface area contributed by atoms with Crippen molar-refractivity contribution in [2.75, 3.05) is 19.6 Å². The molecule has 1 aromatic carbocycles. The fourth-order valence-electron chi connectivity index (χ4n) is 3.12. The Morgan fingerprint density at radius 3 is 2.88 bits per heavy atom. The molecule has 25 heavy (non-hydrogen) atoms. The maximum Gasteiger partial charge on any atom is 0.255 e. The van der Waals surface area contributed by atoms with E-state index in [2.05, 4.69) is 12.2 Å². The first-order chi connectivity index (χ1) is 12.0. The molecular formula is C19H26FIN2O2. The van der Waals surface area contributed by atoms with Crippen LogP contribution in [0.15, 0.2) is 18.2 Å². The first kappa shape index (κ1) is 20.1. The lowest BCUT2D eigenvalue weighted by molar-refractivity contribution is -0.126. The van der Waals surface area contributed by atoms with Crippen molar-refractivity contribution in [3.05, 3.63) is 33.1 Å². The largest absolute Gasteiger partial charge is 0.356 e. The van der Waals surface area contributed by atoms with Gasteiger partial charge >= 0.3 is 0 Å². The number of hydrogen-bond donors (Lipinski definition) is 1. The van der Waals surface area contributed by atoms with Gasteiger partial charge in [-0.2, -0.15) is 0 Å². The number of carbonyl (C=O) groups excluding carboxylic acids is 2. The Kier molecular flexibility index (Phi) is 8.12. The smallest absolute Gasteiger partial charge is 0.255 e. The molecule has 0 aliphatic carbocycles. The summed E-state index contributed by atoms with van der Waals surface area (Å²) in [5.41, 5.74) is 0.376. The average molecular weight is 460 g/mol. The average Bonchev–Trinajstić information content (AvgIpc) is 2.63. The van der Waals surface area contributed by atoms with Gasteiger partial charge in [0.25, 0.3) is 5.91 Å². The number of nitrogens with zero attached hydrogens (tertiary/aromatic N) is 1. The van der Waals surface area contributed by atoms with Crippen molar-refractivity contribution >= 4 is 34.4 Å². The van der Waals surface area contributed by atoms with Crippen LogP contribution in [0.5, 0.6) is 0 Å². The molecule has 1 unspecified atom stereocenters. The van der Waals surface area contributed by atoms with Crippen molar-refractivity contribution in [3.63, 3.8) is 0 Å². The first-order valence-electron chi connectivity index (χ1n) is 9.05. The molecule has 1 aliphatic rings. The zero-order valence-corrected chi connectivity index (χ0v) is 16.9. The Balaban J connectivity index is 1.90. The van der Waals surface area contributed by atoms with Crippen molar-refractivity contribution < 1.29 is 14.0 Å². The lowest BCUT2D eigenvalue weighted by Crippen LogP contribution is -2.45. The number of nitrogens with one attached hydrogen (secondary N) is 1. The van der Waals surface area contributed by atoms with E-state index in [0.29, 0.717) is 25.2 Å². The van der Waals surface area contributed by atoms with Gasteiger partial charge in [0.1, 0.15) is 5.82 Å². The van der Waals surface area contributed by atoms with Crippen LogP contribution in [-0.4, -0.2) is 36.3 Å². The Labute approximate surface area is 162 Å². The standard InChI is InChI=1S/C19H26FIN2O2/c1-2-3-4-5-10-22-18(24)14-7-6-11-23(13-14)19(25)16-12-15(20)8-9-17(16)21/h8-9,12,14H,2-7,10-11,13H2,1H3,(H,22,24). The molecule has 4 nitrogen and oxygen atoms in total. The summed E-state index contributed by atoms with van der Waals surface area (Å²) < 4.78 is 14.2. The molecule has 0 aromatic heterocycles. The summed E-state index contributed by atoms with van der Waals surface area (Å²) in [6.07, 6.45) is 6.08. The maximum absolute atomic E-state index is 13.5. The Morgan fingerprint density at radius 2 is 2.12 bits per heavy atom. The van der Waals surface area contributed by atoms with Crippen LogP contribution >= 0.6 is 22.6 Å². The molecule has 1 aliphatic heterocycles. The van der Waals surface area contributed by atoms with Gasteiger partial charge in [0.05, 0.1) is 11.5 Å². The lowest BCUT2D eigenvalue weighted by Gasteiger charge is -2.32. The van der Waals surface area contributed by atoms with Gasteiger partial charge in [-0.15, -0.1) is 0 Å². The molecule has 1 saturated heterocycles.